The van der Waals surface area contributed by atoms with E-state index in [-0.39, 0.29) is 24.5 Å². The molecule has 3 amide bonds. The molecule has 24 heavy (non-hydrogen) atoms. The number of aromatic nitrogens is 1. The number of nitrogens with one attached hydrogen (secondary N) is 2. The highest BCUT2D eigenvalue weighted by atomic mass is 16.5. The molecule has 1 aromatic heterocycles. The summed E-state index contributed by atoms with van der Waals surface area (Å²) in [5, 5.41) is 9.08. The lowest BCUT2D eigenvalue weighted by Crippen LogP contribution is -2.44. The lowest BCUT2D eigenvalue weighted by atomic mass is 10.1. The molecule has 2 rings (SSSR count). The van der Waals surface area contributed by atoms with E-state index in [2.05, 4.69) is 20.3 Å². The molecule has 2 N–H and O–H groups in total. The van der Waals surface area contributed by atoms with Crippen LogP contribution in [-0.2, 0) is 11.2 Å². The number of anilines is 2. The zero-order chi connectivity index (χ0) is 17.5. The fraction of sp³-hybridized carbons (Fsp3) is 0.353. The van der Waals surface area contributed by atoms with Crippen molar-refractivity contribution in [3.05, 3.63) is 42.2 Å². The van der Waals surface area contributed by atoms with Gasteiger partial charge in [-0.2, -0.15) is 0 Å². The maximum Gasteiger partial charge on any atom is 0.322 e. The van der Waals surface area contributed by atoms with Crippen LogP contribution in [-0.4, -0.2) is 34.6 Å². The summed E-state index contributed by atoms with van der Waals surface area (Å²) in [4.78, 5) is 26.1. The van der Waals surface area contributed by atoms with Gasteiger partial charge in [-0.15, -0.1) is 0 Å². The first-order valence-corrected chi connectivity index (χ1v) is 7.87. The van der Waals surface area contributed by atoms with Crippen molar-refractivity contribution in [3.8, 4) is 0 Å². The van der Waals surface area contributed by atoms with E-state index < -0.39 is 0 Å². The Morgan fingerprint density at radius 2 is 1.96 bits per heavy atom. The SMILES string of the molecule is CCc1ccccc1NC(=O)N(CC(=O)Nc1ccon1)C(C)C. The molecular weight excluding hydrogens is 308 g/mol. The van der Waals surface area contributed by atoms with Gasteiger partial charge in [0, 0.05) is 17.8 Å². The second-order valence-electron chi connectivity index (χ2n) is 5.60. The number of nitrogens with zero attached hydrogens (tertiary/aromatic N) is 2. The van der Waals surface area contributed by atoms with Crippen molar-refractivity contribution >= 4 is 23.4 Å². The van der Waals surface area contributed by atoms with Crippen molar-refractivity contribution in [2.45, 2.75) is 33.2 Å². The van der Waals surface area contributed by atoms with Crippen LogP contribution in [0.15, 0.2) is 41.1 Å². The highest BCUT2D eigenvalue weighted by molar-refractivity contribution is 5.96. The average Bonchev–Trinajstić information content (AvgIpc) is 3.05. The number of hydrogen-bond donors (Lipinski definition) is 2. The van der Waals surface area contributed by atoms with Crippen molar-refractivity contribution in [1.29, 1.82) is 0 Å². The molecular formula is C17H22N4O3. The molecule has 7 nitrogen and oxygen atoms in total. The molecule has 0 aliphatic carbocycles. The van der Waals surface area contributed by atoms with Crippen molar-refractivity contribution in [2.24, 2.45) is 0 Å². The third kappa shape index (κ3) is 4.58. The van der Waals surface area contributed by atoms with Gasteiger partial charge in [0.15, 0.2) is 5.82 Å². The maximum atomic E-state index is 12.6. The van der Waals surface area contributed by atoms with Gasteiger partial charge in [0.25, 0.3) is 0 Å². The minimum absolute atomic E-state index is 0.0787. The fourth-order valence-electron chi connectivity index (χ4n) is 2.24. The van der Waals surface area contributed by atoms with Gasteiger partial charge in [0.05, 0.1) is 0 Å². The van der Waals surface area contributed by atoms with E-state index in [1.54, 1.807) is 0 Å². The van der Waals surface area contributed by atoms with Gasteiger partial charge < -0.3 is 20.1 Å². The highest BCUT2D eigenvalue weighted by Gasteiger charge is 2.21. The lowest BCUT2D eigenvalue weighted by Gasteiger charge is -2.26. The van der Waals surface area contributed by atoms with Gasteiger partial charge >= 0.3 is 6.03 Å². The number of rotatable bonds is 6. The van der Waals surface area contributed by atoms with E-state index in [9.17, 15) is 9.59 Å². The molecule has 0 aliphatic heterocycles. The largest absolute Gasteiger partial charge is 0.363 e. The number of amides is 3. The smallest absolute Gasteiger partial charge is 0.322 e. The Morgan fingerprint density at radius 1 is 1.21 bits per heavy atom. The second kappa shape index (κ2) is 8.14. The molecule has 0 spiro atoms. The van der Waals surface area contributed by atoms with E-state index in [0.29, 0.717) is 5.82 Å². The first-order valence-electron chi connectivity index (χ1n) is 7.87. The van der Waals surface area contributed by atoms with Crippen LogP contribution in [0, 0.1) is 0 Å². The summed E-state index contributed by atoms with van der Waals surface area (Å²) >= 11 is 0. The van der Waals surface area contributed by atoms with E-state index in [0.717, 1.165) is 17.7 Å². The molecule has 0 fully saturated rings. The Hall–Kier alpha value is -2.83. The van der Waals surface area contributed by atoms with E-state index in [1.165, 1.54) is 17.2 Å². The van der Waals surface area contributed by atoms with Crippen molar-refractivity contribution in [1.82, 2.24) is 10.1 Å². The summed E-state index contributed by atoms with van der Waals surface area (Å²) in [6.45, 7) is 5.66. The average molecular weight is 330 g/mol. The van der Waals surface area contributed by atoms with Crippen molar-refractivity contribution in [3.63, 3.8) is 0 Å². The standard InChI is InChI=1S/C17H22N4O3/c1-4-13-7-5-6-8-14(13)18-17(23)21(12(2)3)11-16(22)19-15-9-10-24-20-15/h5-10,12H,4,11H2,1-3H3,(H,18,23)(H,19,20,22). The van der Waals surface area contributed by atoms with Crippen LogP contribution in [0.25, 0.3) is 0 Å². The molecule has 0 atom stereocenters. The van der Waals surface area contributed by atoms with Gasteiger partial charge in [-0.1, -0.05) is 30.3 Å². The van der Waals surface area contributed by atoms with Crippen molar-refractivity contribution < 1.29 is 14.1 Å². The summed E-state index contributed by atoms with van der Waals surface area (Å²) in [6.07, 6.45) is 2.18. The number of carbonyl (C=O) groups is 2. The molecule has 0 saturated heterocycles. The van der Waals surface area contributed by atoms with Crippen LogP contribution >= 0.6 is 0 Å². The Morgan fingerprint density at radius 3 is 2.58 bits per heavy atom. The van der Waals surface area contributed by atoms with E-state index in [4.69, 9.17) is 0 Å². The fourth-order valence-corrected chi connectivity index (χ4v) is 2.24. The summed E-state index contributed by atoms with van der Waals surface area (Å²) in [5.74, 6) is -0.0167. The molecule has 0 unspecified atom stereocenters. The molecule has 128 valence electrons. The Balaban J connectivity index is 2.03. The lowest BCUT2D eigenvalue weighted by molar-refractivity contribution is -0.117. The number of benzene rings is 1. The Bertz CT molecular complexity index is 683. The number of urea groups is 1. The van der Waals surface area contributed by atoms with E-state index in [1.807, 2.05) is 45.0 Å². The molecule has 0 radical (unpaired) electrons. The third-order valence-electron chi connectivity index (χ3n) is 3.54. The minimum atomic E-state index is -0.337. The Labute approximate surface area is 141 Å². The summed E-state index contributed by atoms with van der Waals surface area (Å²) in [7, 11) is 0. The zero-order valence-electron chi connectivity index (χ0n) is 14.1. The number of hydrogen-bond acceptors (Lipinski definition) is 4. The first-order chi connectivity index (χ1) is 11.5. The summed E-state index contributed by atoms with van der Waals surface area (Å²) in [5.41, 5.74) is 1.80. The van der Waals surface area contributed by atoms with Crippen LogP contribution in [0.3, 0.4) is 0 Å². The molecule has 1 heterocycles. The number of para-hydroxylation sites is 1. The third-order valence-corrected chi connectivity index (χ3v) is 3.54. The van der Waals surface area contributed by atoms with Gasteiger partial charge in [0.1, 0.15) is 12.8 Å². The van der Waals surface area contributed by atoms with Gasteiger partial charge in [0.2, 0.25) is 5.91 Å². The van der Waals surface area contributed by atoms with Gasteiger partial charge in [-0.25, -0.2) is 4.79 Å². The summed E-state index contributed by atoms with van der Waals surface area (Å²) < 4.78 is 4.66. The second-order valence-corrected chi connectivity index (χ2v) is 5.60. The highest BCUT2D eigenvalue weighted by Crippen LogP contribution is 2.16. The van der Waals surface area contributed by atoms with Crippen LogP contribution in [0.5, 0.6) is 0 Å². The predicted molar refractivity (Wildman–Crippen MR) is 91.8 cm³/mol. The molecule has 0 bridgehead atoms. The molecule has 2 aromatic rings. The maximum absolute atomic E-state index is 12.6. The van der Waals surface area contributed by atoms with Crippen LogP contribution in [0.2, 0.25) is 0 Å². The van der Waals surface area contributed by atoms with Crippen LogP contribution in [0.1, 0.15) is 26.3 Å². The van der Waals surface area contributed by atoms with E-state index >= 15 is 0 Å². The van der Waals surface area contributed by atoms with Crippen molar-refractivity contribution in [2.75, 3.05) is 17.2 Å². The molecule has 0 saturated carbocycles. The number of aryl methyl sites for hydroxylation is 1. The normalized spacial score (nSPS) is 10.5. The number of carbonyl (C=O) groups excluding carboxylic acids is 2. The molecule has 7 heteroatoms. The van der Waals surface area contributed by atoms with Gasteiger partial charge in [-0.05, 0) is 31.9 Å². The van der Waals surface area contributed by atoms with Gasteiger partial charge in [-0.3, -0.25) is 4.79 Å². The summed E-state index contributed by atoms with van der Waals surface area (Å²) in [6, 6.07) is 8.70. The molecule has 0 aliphatic rings. The van der Waals surface area contributed by atoms with Crippen LogP contribution in [0.4, 0.5) is 16.3 Å². The predicted octanol–water partition coefficient (Wildman–Crippen LogP) is 3.12. The zero-order valence-corrected chi connectivity index (χ0v) is 14.1. The topological polar surface area (TPSA) is 87.5 Å². The quantitative estimate of drug-likeness (QED) is 0.852. The molecule has 1 aromatic carbocycles. The van der Waals surface area contributed by atoms with Crippen LogP contribution < -0.4 is 10.6 Å². The first kappa shape index (κ1) is 17.5. The Kier molecular flexibility index (Phi) is 5.95. The minimum Gasteiger partial charge on any atom is -0.363 e. The monoisotopic (exact) mass is 330 g/mol.